The van der Waals surface area contributed by atoms with Crippen molar-refractivity contribution in [2.45, 2.75) is 44.2 Å². The van der Waals surface area contributed by atoms with Gasteiger partial charge in [0, 0.05) is 25.4 Å². The molecule has 0 aliphatic carbocycles. The van der Waals surface area contributed by atoms with E-state index in [2.05, 4.69) is 43.4 Å². The molecule has 2 unspecified atom stereocenters. The molecular weight excluding hydrogens is 276 g/mol. The SMILES string of the molecule is CCCCOc1cccc2c1C(N(C)C)CC1(CCNC1)O2. The van der Waals surface area contributed by atoms with Crippen molar-refractivity contribution in [2.24, 2.45) is 0 Å². The molecule has 2 atom stereocenters. The minimum atomic E-state index is -0.0516. The number of hydrogen-bond donors (Lipinski definition) is 1. The summed E-state index contributed by atoms with van der Waals surface area (Å²) in [4.78, 5) is 2.30. The first-order valence-electron chi connectivity index (χ1n) is 8.47. The number of nitrogens with one attached hydrogen (secondary N) is 1. The second kappa shape index (κ2) is 6.47. The highest BCUT2D eigenvalue weighted by atomic mass is 16.5. The molecule has 2 heterocycles. The molecule has 22 heavy (non-hydrogen) atoms. The van der Waals surface area contributed by atoms with Crippen LogP contribution in [0.25, 0.3) is 0 Å². The molecule has 1 N–H and O–H groups in total. The van der Waals surface area contributed by atoms with Crippen LogP contribution in [-0.2, 0) is 0 Å². The van der Waals surface area contributed by atoms with Crippen molar-refractivity contribution < 1.29 is 9.47 Å². The lowest BCUT2D eigenvalue weighted by atomic mass is 9.85. The third kappa shape index (κ3) is 2.95. The summed E-state index contributed by atoms with van der Waals surface area (Å²) < 4.78 is 12.5. The molecule has 122 valence electrons. The summed E-state index contributed by atoms with van der Waals surface area (Å²) in [5.74, 6) is 1.99. The van der Waals surface area contributed by atoms with Gasteiger partial charge in [0.15, 0.2) is 0 Å². The Morgan fingerprint density at radius 3 is 2.95 bits per heavy atom. The molecule has 0 bridgehead atoms. The minimum absolute atomic E-state index is 0.0516. The largest absolute Gasteiger partial charge is 0.493 e. The van der Waals surface area contributed by atoms with Gasteiger partial charge in [0.1, 0.15) is 17.1 Å². The Hall–Kier alpha value is -1.26. The second-order valence-electron chi connectivity index (χ2n) is 6.77. The molecule has 0 amide bonds. The lowest BCUT2D eigenvalue weighted by Crippen LogP contribution is -2.45. The van der Waals surface area contributed by atoms with Crippen LogP contribution in [0.15, 0.2) is 18.2 Å². The zero-order chi connectivity index (χ0) is 15.6. The van der Waals surface area contributed by atoms with Gasteiger partial charge in [-0.2, -0.15) is 0 Å². The van der Waals surface area contributed by atoms with Gasteiger partial charge in [-0.3, -0.25) is 0 Å². The van der Waals surface area contributed by atoms with Crippen LogP contribution >= 0.6 is 0 Å². The van der Waals surface area contributed by atoms with Gasteiger partial charge < -0.3 is 19.7 Å². The first-order chi connectivity index (χ1) is 10.7. The Morgan fingerprint density at radius 2 is 2.27 bits per heavy atom. The smallest absolute Gasteiger partial charge is 0.128 e. The number of hydrogen-bond acceptors (Lipinski definition) is 4. The molecule has 1 aromatic rings. The van der Waals surface area contributed by atoms with E-state index in [1.165, 1.54) is 5.56 Å². The van der Waals surface area contributed by atoms with Crippen LogP contribution in [0, 0.1) is 0 Å². The number of benzene rings is 1. The van der Waals surface area contributed by atoms with Crippen molar-refractivity contribution in [1.29, 1.82) is 0 Å². The van der Waals surface area contributed by atoms with E-state index in [0.29, 0.717) is 6.04 Å². The molecule has 1 saturated heterocycles. The molecule has 1 aromatic carbocycles. The number of unbranched alkanes of at least 4 members (excludes halogenated alkanes) is 1. The fourth-order valence-corrected chi connectivity index (χ4v) is 3.55. The van der Waals surface area contributed by atoms with E-state index in [9.17, 15) is 0 Å². The molecule has 1 fully saturated rings. The summed E-state index contributed by atoms with van der Waals surface area (Å²) in [6.07, 6.45) is 4.34. The summed E-state index contributed by atoms with van der Waals surface area (Å²) >= 11 is 0. The van der Waals surface area contributed by atoms with Crippen molar-refractivity contribution in [1.82, 2.24) is 10.2 Å². The van der Waals surface area contributed by atoms with Crippen molar-refractivity contribution in [3.05, 3.63) is 23.8 Å². The summed E-state index contributed by atoms with van der Waals surface area (Å²) in [6.45, 7) is 4.95. The summed E-state index contributed by atoms with van der Waals surface area (Å²) in [6, 6.07) is 6.58. The maximum atomic E-state index is 6.44. The van der Waals surface area contributed by atoms with Gasteiger partial charge in [-0.05, 0) is 39.2 Å². The third-order valence-corrected chi connectivity index (χ3v) is 4.83. The Balaban J connectivity index is 1.92. The third-order valence-electron chi connectivity index (χ3n) is 4.83. The van der Waals surface area contributed by atoms with Crippen molar-refractivity contribution >= 4 is 0 Å². The highest BCUT2D eigenvalue weighted by Gasteiger charge is 2.44. The highest BCUT2D eigenvalue weighted by molar-refractivity contribution is 5.49. The van der Waals surface area contributed by atoms with Crippen LogP contribution < -0.4 is 14.8 Å². The molecule has 3 rings (SSSR count). The molecule has 2 aliphatic heterocycles. The van der Waals surface area contributed by atoms with E-state index >= 15 is 0 Å². The van der Waals surface area contributed by atoms with Gasteiger partial charge in [-0.25, -0.2) is 0 Å². The zero-order valence-electron chi connectivity index (χ0n) is 14.0. The fourth-order valence-electron chi connectivity index (χ4n) is 3.55. The highest BCUT2D eigenvalue weighted by Crippen LogP contribution is 2.47. The predicted molar refractivity (Wildman–Crippen MR) is 88.7 cm³/mol. The number of nitrogens with zero attached hydrogens (tertiary/aromatic N) is 1. The molecule has 1 spiro atoms. The fraction of sp³-hybridized carbons (Fsp3) is 0.667. The Morgan fingerprint density at radius 1 is 1.41 bits per heavy atom. The number of rotatable bonds is 5. The number of ether oxygens (including phenoxy) is 2. The molecule has 4 heteroatoms. The van der Waals surface area contributed by atoms with Gasteiger partial charge in [0.2, 0.25) is 0 Å². The maximum Gasteiger partial charge on any atom is 0.128 e. The summed E-state index contributed by atoms with van der Waals surface area (Å²) in [5, 5.41) is 3.45. The topological polar surface area (TPSA) is 33.7 Å². The van der Waals surface area contributed by atoms with Gasteiger partial charge >= 0.3 is 0 Å². The van der Waals surface area contributed by atoms with Crippen LogP contribution in [0.1, 0.15) is 44.2 Å². The van der Waals surface area contributed by atoms with Gasteiger partial charge in [0.25, 0.3) is 0 Å². The van der Waals surface area contributed by atoms with E-state index < -0.39 is 0 Å². The molecule has 0 radical (unpaired) electrons. The monoisotopic (exact) mass is 304 g/mol. The first-order valence-corrected chi connectivity index (χ1v) is 8.47. The van der Waals surface area contributed by atoms with E-state index in [0.717, 1.165) is 56.9 Å². The maximum absolute atomic E-state index is 6.44. The quantitative estimate of drug-likeness (QED) is 0.848. The van der Waals surface area contributed by atoms with Crippen LogP contribution in [0.2, 0.25) is 0 Å². The molecule has 0 aromatic heterocycles. The first kappa shape index (κ1) is 15.6. The van der Waals surface area contributed by atoms with Gasteiger partial charge in [0.05, 0.1) is 12.2 Å². The van der Waals surface area contributed by atoms with Crippen LogP contribution in [0.4, 0.5) is 0 Å². The molecule has 4 nitrogen and oxygen atoms in total. The van der Waals surface area contributed by atoms with Crippen LogP contribution in [0.3, 0.4) is 0 Å². The van der Waals surface area contributed by atoms with E-state index in [1.54, 1.807) is 0 Å². The van der Waals surface area contributed by atoms with Crippen LogP contribution in [-0.4, -0.2) is 44.3 Å². The van der Waals surface area contributed by atoms with Gasteiger partial charge in [-0.15, -0.1) is 0 Å². The average molecular weight is 304 g/mol. The van der Waals surface area contributed by atoms with E-state index in [1.807, 2.05) is 6.07 Å². The van der Waals surface area contributed by atoms with Crippen LogP contribution in [0.5, 0.6) is 11.5 Å². The average Bonchev–Trinajstić information content (AvgIpc) is 2.94. The lowest BCUT2D eigenvalue weighted by molar-refractivity contribution is 0.0273. The Kier molecular flexibility index (Phi) is 4.59. The second-order valence-corrected chi connectivity index (χ2v) is 6.77. The normalized spacial score (nSPS) is 27.0. The van der Waals surface area contributed by atoms with Crippen molar-refractivity contribution in [2.75, 3.05) is 33.8 Å². The standard InChI is InChI=1S/C18H28N2O2/c1-4-5-11-21-15-7-6-8-16-17(15)14(20(2)3)12-18(22-16)9-10-19-13-18/h6-8,14,19H,4-5,9-13H2,1-3H3. The van der Waals surface area contributed by atoms with Gasteiger partial charge in [-0.1, -0.05) is 19.4 Å². The molecule has 0 saturated carbocycles. The zero-order valence-corrected chi connectivity index (χ0v) is 14.0. The lowest BCUT2D eigenvalue weighted by Gasteiger charge is -2.42. The Labute approximate surface area is 133 Å². The molecular formula is C18H28N2O2. The van der Waals surface area contributed by atoms with Crippen molar-refractivity contribution in [3.63, 3.8) is 0 Å². The van der Waals surface area contributed by atoms with E-state index in [4.69, 9.17) is 9.47 Å². The summed E-state index contributed by atoms with van der Waals surface area (Å²) in [7, 11) is 4.30. The summed E-state index contributed by atoms with van der Waals surface area (Å²) in [5.41, 5.74) is 1.17. The number of fused-ring (bicyclic) bond motifs is 1. The molecule has 2 aliphatic rings. The van der Waals surface area contributed by atoms with Crippen molar-refractivity contribution in [3.8, 4) is 11.5 Å². The Bertz CT molecular complexity index is 510. The van der Waals surface area contributed by atoms with E-state index in [-0.39, 0.29) is 5.60 Å². The predicted octanol–water partition coefficient (Wildman–Crippen LogP) is 2.98. The minimum Gasteiger partial charge on any atom is -0.493 e.